The molecule has 5 heteroatoms. The molecule has 2 aromatic carbocycles. The lowest BCUT2D eigenvalue weighted by atomic mass is 9.64. The molecule has 2 aromatic rings. The van der Waals surface area contributed by atoms with Gasteiger partial charge in [-0.05, 0) is 30.5 Å². The van der Waals surface area contributed by atoms with Gasteiger partial charge in [0.15, 0.2) is 0 Å². The number of benzene rings is 2. The van der Waals surface area contributed by atoms with Crippen molar-refractivity contribution in [3.05, 3.63) is 66.0 Å². The van der Waals surface area contributed by atoms with Crippen LogP contribution in [0.4, 0.5) is 10.1 Å². The molecule has 1 aliphatic heterocycles. The number of halogens is 1. The number of hydrogen-bond donors (Lipinski definition) is 1. The predicted octanol–water partition coefficient (Wildman–Crippen LogP) is 3.19. The SMILES string of the molecule is O=C(CN1CCN(c2ccccc2F)CC1)NCC1(c2ccccc2)CCC1. The van der Waals surface area contributed by atoms with E-state index in [2.05, 4.69) is 39.4 Å². The Kier molecular flexibility index (Phi) is 5.62. The van der Waals surface area contributed by atoms with Crippen molar-refractivity contribution >= 4 is 11.6 Å². The number of nitrogens with one attached hydrogen (secondary N) is 1. The lowest BCUT2D eigenvalue weighted by molar-refractivity contribution is -0.122. The van der Waals surface area contributed by atoms with Gasteiger partial charge >= 0.3 is 0 Å². The normalized spacial score (nSPS) is 19.1. The molecular formula is C23H28FN3O. The molecule has 0 radical (unpaired) electrons. The van der Waals surface area contributed by atoms with Gasteiger partial charge in [0, 0.05) is 38.1 Å². The zero-order chi connectivity index (χ0) is 19.4. The lowest BCUT2D eigenvalue weighted by Gasteiger charge is -2.43. The summed E-state index contributed by atoms with van der Waals surface area (Å²) in [7, 11) is 0. The standard InChI is InChI=1S/C23H28FN3O/c24-20-9-4-5-10-21(20)27-15-13-26(14-16-27)17-22(28)25-18-23(11-6-12-23)19-7-2-1-3-8-19/h1-5,7-10H,6,11-18H2,(H,25,28). The molecule has 4 rings (SSSR count). The molecule has 1 N–H and O–H groups in total. The topological polar surface area (TPSA) is 35.6 Å². The van der Waals surface area contributed by atoms with E-state index in [0.29, 0.717) is 18.8 Å². The van der Waals surface area contributed by atoms with E-state index in [9.17, 15) is 9.18 Å². The Balaban J connectivity index is 1.26. The summed E-state index contributed by atoms with van der Waals surface area (Å²) in [6.45, 7) is 4.14. The summed E-state index contributed by atoms with van der Waals surface area (Å²) in [5.74, 6) is -0.0954. The molecule has 1 saturated carbocycles. The minimum Gasteiger partial charge on any atom is -0.367 e. The van der Waals surface area contributed by atoms with Crippen molar-refractivity contribution < 1.29 is 9.18 Å². The maximum Gasteiger partial charge on any atom is 0.234 e. The molecule has 148 valence electrons. The number of amides is 1. The first-order valence-electron chi connectivity index (χ1n) is 10.2. The number of rotatable bonds is 6. The largest absolute Gasteiger partial charge is 0.367 e. The van der Waals surface area contributed by atoms with E-state index in [1.54, 1.807) is 6.07 Å². The number of para-hydroxylation sites is 1. The molecule has 1 amide bonds. The van der Waals surface area contributed by atoms with Gasteiger partial charge in [0.2, 0.25) is 5.91 Å². The molecule has 1 heterocycles. The maximum absolute atomic E-state index is 14.0. The van der Waals surface area contributed by atoms with Gasteiger partial charge < -0.3 is 10.2 Å². The third-order valence-corrected chi connectivity index (χ3v) is 6.25. The Morgan fingerprint density at radius 1 is 0.964 bits per heavy atom. The first-order chi connectivity index (χ1) is 13.7. The van der Waals surface area contributed by atoms with Crippen LogP contribution in [0, 0.1) is 5.82 Å². The van der Waals surface area contributed by atoms with E-state index in [4.69, 9.17) is 0 Å². The van der Waals surface area contributed by atoms with E-state index in [1.807, 2.05) is 18.2 Å². The van der Waals surface area contributed by atoms with Crippen LogP contribution in [0.25, 0.3) is 0 Å². The van der Waals surface area contributed by atoms with Crippen LogP contribution in [-0.2, 0) is 10.2 Å². The summed E-state index contributed by atoms with van der Waals surface area (Å²) in [5, 5.41) is 3.17. The highest BCUT2D eigenvalue weighted by Crippen LogP contribution is 2.43. The van der Waals surface area contributed by atoms with Crippen molar-refractivity contribution in [2.75, 3.05) is 44.2 Å². The highest BCUT2D eigenvalue weighted by Gasteiger charge is 2.38. The summed E-state index contributed by atoms with van der Waals surface area (Å²) in [4.78, 5) is 16.7. The van der Waals surface area contributed by atoms with Crippen LogP contribution in [-0.4, -0.2) is 50.1 Å². The van der Waals surface area contributed by atoms with Gasteiger partial charge in [-0.15, -0.1) is 0 Å². The number of anilines is 1. The molecule has 0 unspecified atom stereocenters. The zero-order valence-corrected chi connectivity index (χ0v) is 16.2. The number of carbonyl (C=O) groups is 1. The molecule has 0 bridgehead atoms. The van der Waals surface area contributed by atoms with Gasteiger partial charge in [-0.2, -0.15) is 0 Å². The van der Waals surface area contributed by atoms with Gasteiger partial charge in [-0.3, -0.25) is 9.69 Å². The molecule has 2 aliphatic rings. The molecule has 1 saturated heterocycles. The summed E-state index contributed by atoms with van der Waals surface area (Å²) in [5.41, 5.74) is 2.10. The summed E-state index contributed by atoms with van der Waals surface area (Å²) >= 11 is 0. The lowest BCUT2D eigenvalue weighted by Crippen LogP contribution is -2.51. The van der Waals surface area contributed by atoms with E-state index >= 15 is 0 Å². The first-order valence-corrected chi connectivity index (χ1v) is 10.2. The summed E-state index contributed by atoms with van der Waals surface area (Å²) < 4.78 is 14.0. The van der Waals surface area contributed by atoms with Gasteiger partial charge in [-0.25, -0.2) is 4.39 Å². The minimum absolute atomic E-state index is 0.0848. The van der Waals surface area contributed by atoms with E-state index in [0.717, 1.165) is 39.0 Å². The molecule has 0 atom stereocenters. The van der Waals surface area contributed by atoms with Crippen LogP contribution in [0.15, 0.2) is 54.6 Å². The Bertz CT molecular complexity index is 799. The number of hydrogen-bond acceptors (Lipinski definition) is 3. The predicted molar refractivity (Wildman–Crippen MR) is 110 cm³/mol. The quantitative estimate of drug-likeness (QED) is 0.835. The molecule has 1 aliphatic carbocycles. The van der Waals surface area contributed by atoms with Crippen molar-refractivity contribution in [2.45, 2.75) is 24.7 Å². The maximum atomic E-state index is 14.0. The van der Waals surface area contributed by atoms with Crippen molar-refractivity contribution in [3.63, 3.8) is 0 Å². The monoisotopic (exact) mass is 381 g/mol. The fourth-order valence-corrected chi connectivity index (χ4v) is 4.34. The average Bonchev–Trinajstić information content (AvgIpc) is 2.69. The van der Waals surface area contributed by atoms with Crippen LogP contribution in [0.3, 0.4) is 0 Å². The van der Waals surface area contributed by atoms with Gasteiger partial charge in [0.05, 0.1) is 12.2 Å². The van der Waals surface area contributed by atoms with Crippen LogP contribution in [0.1, 0.15) is 24.8 Å². The van der Waals surface area contributed by atoms with E-state index in [-0.39, 0.29) is 17.1 Å². The molecule has 2 fully saturated rings. The molecule has 28 heavy (non-hydrogen) atoms. The highest BCUT2D eigenvalue weighted by molar-refractivity contribution is 5.78. The van der Waals surface area contributed by atoms with Crippen molar-refractivity contribution in [3.8, 4) is 0 Å². The second kappa shape index (κ2) is 8.31. The van der Waals surface area contributed by atoms with Gasteiger partial charge in [0.1, 0.15) is 5.82 Å². The smallest absolute Gasteiger partial charge is 0.234 e. The van der Waals surface area contributed by atoms with Crippen LogP contribution < -0.4 is 10.2 Å². The fraction of sp³-hybridized carbons (Fsp3) is 0.435. The summed E-state index contributed by atoms with van der Waals surface area (Å²) in [6, 6.07) is 17.4. The number of piperazine rings is 1. The second-order valence-corrected chi connectivity index (χ2v) is 7.99. The Hall–Kier alpha value is -2.40. The molecule has 0 aromatic heterocycles. The number of carbonyl (C=O) groups excluding carboxylic acids is 1. The Morgan fingerprint density at radius 2 is 1.64 bits per heavy atom. The third-order valence-electron chi connectivity index (χ3n) is 6.25. The Labute approximate surface area is 166 Å². The highest BCUT2D eigenvalue weighted by atomic mass is 19.1. The van der Waals surface area contributed by atoms with Gasteiger partial charge in [-0.1, -0.05) is 48.9 Å². The molecule has 0 spiro atoms. The third kappa shape index (κ3) is 4.04. The molecular weight excluding hydrogens is 353 g/mol. The van der Waals surface area contributed by atoms with Crippen LogP contribution >= 0.6 is 0 Å². The van der Waals surface area contributed by atoms with Gasteiger partial charge in [0.25, 0.3) is 0 Å². The van der Waals surface area contributed by atoms with Crippen LogP contribution in [0.5, 0.6) is 0 Å². The van der Waals surface area contributed by atoms with E-state index in [1.165, 1.54) is 18.1 Å². The first kappa shape index (κ1) is 18.9. The zero-order valence-electron chi connectivity index (χ0n) is 16.2. The fourth-order valence-electron chi connectivity index (χ4n) is 4.34. The van der Waals surface area contributed by atoms with Crippen LogP contribution in [0.2, 0.25) is 0 Å². The Morgan fingerprint density at radius 3 is 2.29 bits per heavy atom. The second-order valence-electron chi connectivity index (χ2n) is 7.99. The summed E-state index contributed by atoms with van der Waals surface area (Å²) in [6.07, 6.45) is 3.50. The van der Waals surface area contributed by atoms with Crippen molar-refractivity contribution in [1.82, 2.24) is 10.2 Å². The number of nitrogens with zero attached hydrogens (tertiary/aromatic N) is 2. The van der Waals surface area contributed by atoms with E-state index < -0.39 is 0 Å². The van der Waals surface area contributed by atoms with Crippen molar-refractivity contribution in [2.24, 2.45) is 0 Å². The minimum atomic E-state index is -0.180. The van der Waals surface area contributed by atoms with Crippen molar-refractivity contribution in [1.29, 1.82) is 0 Å². The molecule has 4 nitrogen and oxygen atoms in total. The average molecular weight is 381 g/mol.